The van der Waals surface area contributed by atoms with Gasteiger partial charge in [-0.3, -0.25) is 0 Å². The summed E-state index contributed by atoms with van der Waals surface area (Å²) in [5, 5.41) is 1.63. The standard InChI is InChI=1S/C18H18ClF3N2O/c1-2-3-13-24(15-7-5-4-6-8-15,17(25)23-18(20,21)22)16-11-9-14(19)10-12-16/h4-12H,2-3,13H2,1H3/p+1. The molecule has 2 aromatic rings. The lowest BCUT2D eigenvalue weighted by atomic mass is 10.1. The highest BCUT2D eigenvalue weighted by Crippen LogP contribution is 2.37. The number of nitrogens with zero attached hydrogens (tertiary/aromatic N) is 1. The summed E-state index contributed by atoms with van der Waals surface area (Å²) in [6.07, 6.45) is -3.50. The fourth-order valence-corrected chi connectivity index (χ4v) is 2.86. The van der Waals surface area contributed by atoms with Crippen molar-refractivity contribution in [3.8, 4) is 0 Å². The van der Waals surface area contributed by atoms with Crippen LogP contribution in [0.2, 0.25) is 5.02 Å². The quantitative estimate of drug-likeness (QED) is 0.506. The van der Waals surface area contributed by atoms with Crippen LogP contribution in [0.4, 0.5) is 29.3 Å². The molecule has 1 atom stereocenters. The Hall–Kier alpha value is -2.05. The molecule has 0 bridgehead atoms. The van der Waals surface area contributed by atoms with Crippen LogP contribution in [0.3, 0.4) is 0 Å². The normalized spacial score (nSPS) is 14.0. The van der Waals surface area contributed by atoms with Crippen molar-refractivity contribution < 1.29 is 18.0 Å². The molecule has 0 fully saturated rings. The van der Waals surface area contributed by atoms with Gasteiger partial charge >= 0.3 is 12.3 Å². The highest BCUT2D eigenvalue weighted by Gasteiger charge is 2.46. The van der Waals surface area contributed by atoms with Crippen molar-refractivity contribution in [3.63, 3.8) is 0 Å². The number of rotatable bonds is 5. The topological polar surface area (TPSA) is 29.1 Å². The molecule has 7 heteroatoms. The second-order valence-electron chi connectivity index (χ2n) is 5.63. The first-order valence-corrected chi connectivity index (χ1v) is 8.26. The highest BCUT2D eigenvalue weighted by molar-refractivity contribution is 6.30. The average molecular weight is 372 g/mol. The van der Waals surface area contributed by atoms with Crippen LogP contribution in [-0.4, -0.2) is 18.9 Å². The van der Waals surface area contributed by atoms with E-state index in [0.717, 1.165) is 6.42 Å². The predicted octanol–water partition coefficient (Wildman–Crippen LogP) is 6.01. The Labute approximate surface area is 149 Å². The van der Waals surface area contributed by atoms with Gasteiger partial charge in [0.15, 0.2) is 0 Å². The lowest BCUT2D eigenvalue weighted by Crippen LogP contribution is -2.58. The molecular weight excluding hydrogens is 353 g/mol. The van der Waals surface area contributed by atoms with Crippen LogP contribution in [0.1, 0.15) is 19.8 Å². The van der Waals surface area contributed by atoms with E-state index in [4.69, 9.17) is 11.6 Å². The molecule has 0 aliphatic carbocycles. The molecular formula is C18H19ClF3N2O+. The molecule has 0 heterocycles. The Bertz CT molecular complexity index is 705. The first kappa shape index (κ1) is 19.3. The van der Waals surface area contributed by atoms with E-state index >= 15 is 0 Å². The van der Waals surface area contributed by atoms with Crippen molar-refractivity contribution in [2.45, 2.75) is 26.1 Å². The van der Waals surface area contributed by atoms with Gasteiger partial charge in [-0.1, -0.05) is 43.1 Å². The first-order chi connectivity index (χ1) is 11.8. The van der Waals surface area contributed by atoms with Gasteiger partial charge in [0.1, 0.15) is 11.4 Å². The highest BCUT2D eigenvalue weighted by atomic mass is 35.5. The Morgan fingerprint density at radius 2 is 1.60 bits per heavy atom. The van der Waals surface area contributed by atoms with E-state index in [1.807, 2.05) is 6.92 Å². The number of hydrogen-bond acceptors (Lipinski definition) is 1. The minimum atomic E-state index is -4.81. The van der Waals surface area contributed by atoms with E-state index < -0.39 is 16.8 Å². The smallest absolute Gasteiger partial charge is 0.215 e. The minimum absolute atomic E-state index is 0.198. The fourth-order valence-electron chi connectivity index (χ4n) is 2.73. The lowest BCUT2D eigenvalue weighted by molar-refractivity contribution is -0.146. The van der Waals surface area contributed by atoms with E-state index in [-0.39, 0.29) is 6.54 Å². The zero-order valence-corrected chi connectivity index (χ0v) is 14.4. The predicted molar refractivity (Wildman–Crippen MR) is 93.7 cm³/mol. The third kappa shape index (κ3) is 4.52. The molecule has 3 nitrogen and oxygen atoms in total. The van der Waals surface area contributed by atoms with Crippen molar-refractivity contribution in [1.29, 1.82) is 0 Å². The molecule has 1 N–H and O–H groups in total. The number of halogens is 4. The van der Waals surface area contributed by atoms with Gasteiger partial charge in [-0.15, -0.1) is 0 Å². The molecule has 0 radical (unpaired) electrons. The summed E-state index contributed by atoms with van der Waals surface area (Å²) in [7, 11) is 0. The summed E-state index contributed by atoms with van der Waals surface area (Å²) in [6, 6.07) is 13.6. The van der Waals surface area contributed by atoms with Crippen molar-refractivity contribution in [2.24, 2.45) is 0 Å². The van der Waals surface area contributed by atoms with Crippen LogP contribution in [0, 0.1) is 0 Å². The Kier molecular flexibility index (Phi) is 6.08. The van der Waals surface area contributed by atoms with Crippen LogP contribution < -0.4 is 9.80 Å². The van der Waals surface area contributed by atoms with Gasteiger partial charge in [-0.25, -0.2) is 10.1 Å². The number of hydrogen-bond donors (Lipinski definition) is 1. The molecule has 0 aromatic heterocycles. The van der Waals surface area contributed by atoms with Crippen molar-refractivity contribution in [1.82, 2.24) is 9.80 Å². The van der Waals surface area contributed by atoms with E-state index in [0.29, 0.717) is 22.8 Å². The number of quaternary nitrogens is 1. The van der Waals surface area contributed by atoms with Gasteiger partial charge in [-0.2, -0.15) is 17.7 Å². The molecule has 1 unspecified atom stereocenters. The Morgan fingerprint density at radius 1 is 1.04 bits per heavy atom. The molecule has 2 aromatic carbocycles. The van der Waals surface area contributed by atoms with Gasteiger partial charge in [-0.05, 0) is 18.6 Å². The number of benzene rings is 2. The Morgan fingerprint density at radius 3 is 2.12 bits per heavy atom. The van der Waals surface area contributed by atoms with Crippen LogP contribution in [0.15, 0.2) is 54.6 Å². The van der Waals surface area contributed by atoms with Gasteiger partial charge in [0, 0.05) is 29.3 Å². The van der Waals surface area contributed by atoms with E-state index in [1.54, 1.807) is 54.6 Å². The van der Waals surface area contributed by atoms with E-state index in [9.17, 15) is 18.0 Å². The molecule has 0 saturated heterocycles. The Balaban J connectivity index is 2.64. The number of para-hydroxylation sites is 1. The van der Waals surface area contributed by atoms with Gasteiger partial charge < -0.3 is 0 Å². The summed E-state index contributed by atoms with van der Waals surface area (Å²) >= 11 is 5.91. The maximum atomic E-state index is 12.9. The summed E-state index contributed by atoms with van der Waals surface area (Å²) in [5.74, 6) is 0. The second kappa shape index (κ2) is 7.89. The number of alkyl halides is 3. The molecule has 2 amide bonds. The van der Waals surface area contributed by atoms with Gasteiger partial charge in [0.05, 0.1) is 6.54 Å². The molecule has 0 aliphatic rings. The van der Waals surface area contributed by atoms with Crippen molar-refractivity contribution in [3.05, 3.63) is 59.6 Å². The zero-order chi connectivity index (χ0) is 18.5. The van der Waals surface area contributed by atoms with E-state index in [2.05, 4.69) is 0 Å². The summed E-state index contributed by atoms with van der Waals surface area (Å²) in [6.45, 7) is 2.12. The fraction of sp³-hybridized carbons (Fsp3) is 0.278. The average Bonchev–Trinajstić information content (AvgIpc) is 2.56. The van der Waals surface area contributed by atoms with Crippen LogP contribution in [-0.2, 0) is 0 Å². The number of urea groups is 1. The van der Waals surface area contributed by atoms with E-state index in [1.165, 1.54) is 5.32 Å². The van der Waals surface area contributed by atoms with Gasteiger partial charge in [0.25, 0.3) is 0 Å². The zero-order valence-electron chi connectivity index (χ0n) is 13.7. The molecule has 0 saturated carbocycles. The largest absolute Gasteiger partial charge is 0.489 e. The number of carbonyl (C=O) groups is 1. The molecule has 0 aliphatic heterocycles. The number of nitrogens with one attached hydrogen (secondary N) is 1. The third-order valence-corrected chi connectivity index (χ3v) is 4.16. The summed E-state index contributed by atoms with van der Waals surface area (Å²) in [4.78, 5) is 12.8. The molecule has 2 rings (SSSR count). The first-order valence-electron chi connectivity index (χ1n) is 7.89. The maximum Gasteiger partial charge on any atom is 0.489 e. The maximum absolute atomic E-state index is 12.9. The van der Waals surface area contributed by atoms with Crippen LogP contribution in [0.5, 0.6) is 0 Å². The molecule has 0 spiro atoms. The third-order valence-electron chi connectivity index (χ3n) is 3.91. The number of amides is 2. The molecule has 25 heavy (non-hydrogen) atoms. The van der Waals surface area contributed by atoms with Crippen molar-refractivity contribution in [2.75, 3.05) is 6.54 Å². The summed E-state index contributed by atoms with van der Waals surface area (Å²) < 4.78 is 38.1. The SMILES string of the molecule is CCCC[N+](C(=O)NC(F)(F)F)(c1ccccc1)c1ccc(Cl)cc1. The number of carbonyl (C=O) groups excluding carboxylic acids is 1. The molecule has 134 valence electrons. The monoisotopic (exact) mass is 371 g/mol. The minimum Gasteiger partial charge on any atom is -0.215 e. The van der Waals surface area contributed by atoms with Crippen LogP contribution in [0.25, 0.3) is 0 Å². The van der Waals surface area contributed by atoms with Crippen molar-refractivity contribution >= 4 is 29.0 Å². The van der Waals surface area contributed by atoms with Crippen LogP contribution >= 0.6 is 11.6 Å². The summed E-state index contributed by atoms with van der Waals surface area (Å²) in [5.41, 5.74) is 0.880. The van der Waals surface area contributed by atoms with Gasteiger partial charge in [0.2, 0.25) is 0 Å². The second-order valence-corrected chi connectivity index (χ2v) is 6.06. The lowest BCUT2D eigenvalue weighted by Gasteiger charge is -2.35. The number of unbranched alkanes of at least 4 members (excludes halogenated alkanes) is 1.